The van der Waals surface area contributed by atoms with Crippen molar-refractivity contribution in [2.45, 2.75) is 20.8 Å². The van der Waals surface area contributed by atoms with E-state index >= 15 is 0 Å². The average Bonchev–Trinajstić information content (AvgIpc) is 1.82. The average molecular weight is 129 g/mol. The predicted molar refractivity (Wildman–Crippen MR) is 38.5 cm³/mol. The number of rotatable bonds is 2. The molecule has 0 spiro atoms. The summed E-state index contributed by atoms with van der Waals surface area (Å²) in [7, 11) is 0. The molecule has 0 aliphatic carbocycles. The Morgan fingerprint density at radius 2 is 2.11 bits per heavy atom. The first-order chi connectivity index (χ1) is 4.18. The van der Waals surface area contributed by atoms with Crippen LogP contribution in [0.15, 0.2) is 16.4 Å². The predicted octanol–water partition coefficient (Wildman–Crippen LogP) is 2.34. The smallest absolute Gasteiger partial charge is 0.139 e. The van der Waals surface area contributed by atoms with E-state index in [4.69, 9.17) is 0 Å². The van der Waals surface area contributed by atoms with Crippen molar-refractivity contribution in [3.63, 3.8) is 0 Å². The maximum Gasteiger partial charge on any atom is 0.139 e. The van der Waals surface area contributed by atoms with Gasteiger partial charge >= 0.3 is 0 Å². The van der Waals surface area contributed by atoms with Crippen LogP contribution in [-0.4, -0.2) is 12.8 Å². The van der Waals surface area contributed by atoms with Gasteiger partial charge in [-0.15, -0.1) is 0 Å². The fourth-order valence-electron chi connectivity index (χ4n) is 0.301. The molecule has 0 saturated carbocycles. The van der Waals surface area contributed by atoms with Crippen LogP contribution >= 0.6 is 0 Å². The minimum atomic E-state index is -0.225. The second kappa shape index (κ2) is 4.24. The largest absolute Gasteiger partial charge is 0.290 e. The van der Waals surface area contributed by atoms with Gasteiger partial charge in [-0.3, -0.25) is 4.99 Å². The van der Waals surface area contributed by atoms with Gasteiger partial charge in [0.25, 0.3) is 0 Å². The fourth-order valence-corrected chi connectivity index (χ4v) is 0.301. The van der Waals surface area contributed by atoms with Crippen LogP contribution in [0, 0.1) is 0 Å². The van der Waals surface area contributed by atoms with Gasteiger partial charge in [0.2, 0.25) is 0 Å². The molecule has 0 unspecified atom stereocenters. The van der Waals surface area contributed by atoms with Crippen molar-refractivity contribution < 1.29 is 4.39 Å². The third-order valence-electron chi connectivity index (χ3n) is 0.865. The molecule has 52 valence electrons. The number of aliphatic imine (C=N–C) groups is 1. The Balaban J connectivity index is 3.91. The molecule has 0 amide bonds. The van der Waals surface area contributed by atoms with Crippen LogP contribution in [0.25, 0.3) is 0 Å². The van der Waals surface area contributed by atoms with E-state index in [1.54, 1.807) is 13.8 Å². The number of nitrogens with zero attached hydrogens (tertiary/aromatic N) is 1. The molecule has 0 aliphatic heterocycles. The van der Waals surface area contributed by atoms with E-state index in [-0.39, 0.29) is 5.83 Å². The molecule has 0 aromatic carbocycles. The lowest BCUT2D eigenvalue weighted by atomic mass is 10.3. The molecular formula is C7H12FN. The standard InChI is InChI=1S/C7H12FN/c1-4-9-5-7(8)6(2)3/h5H,4H2,1-3H3. The van der Waals surface area contributed by atoms with E-state index < -0.39 is 0 Å². The van der Waals surface area contributed by atoms with E-state index in [1.807, 2.05) is 6.92 Å². The third-order valence-corrected chi connectivity index (χ3v) is 0.865. The summed E-state index contributed by atoms with van der Waals surface area (Å²) in [5.74, 6) is -0.225. The molecule has 0 atom stereocenters. The first-order valence-electron chi connectivity index (χ1n) is 3.01. The SMILES string of the molecule is CCN=CC(F)=C(C)C. The molecular weight excluding hydrogens is 117 g/mol. The zero-order chi connectivity index (χ0) is 7.28. The molecule has 0 bridgehead atoms. The van der Waals surface area contributed by atoms with Gasteiger partial charge in [-0.25, -0.2) is 4.39 Å². The van der Waals surface area contributed by atoms with Crippen LogP contribution in [0.1, 0.15) is 20.8 Å². The summed E-state index contributed by atoms with van der Waals surface area (Å²) in [6.07, 6.45) is 1.26. The molecule has 1 nitrogen and oxygen atoms in total. The molecule has 0 N–H and O–H groups in total. The van der Waals surface area contributed by atoms with Gasteiger partial charge in [0.1, 0.15) is 5.83 Å². The topological polar surface area (TPSA) is 12.4 Å². The first kappa shape index (κ1) is 8.34. The lowest BCUT2D eigenvalue weighted by molar-refractivity contribution is 0.673. The molecule has 9 heavy (non-hydrogen) atoms. The Hall–Kier alpha value is -0.660. The van der Waals surface area contributed by atoms with Gasteiger partial charge in [-0.1, -0.05) is 0 Å². The molecule has 0 aromatic rings. The first-order valence-corrected chi connectivity index (χ1v) is 3.01. The summed E-state index contributed by atoms with van der Waals surface area (Å²) < 4.78 is 12.4. The van der Waals surface area contributed by atoms with Gasteiger partial charge in [0.05, 0.1) is 6.21 Å². The third kappa shape index (κ3) is 3.88. The summed E-state index contributed by atoms with van der Waals surface area (Å²) in [5, 5.41) is 0. The number of halogens is 1. The van der Waals surface area contributed by atoms with Crippen molar-refractivity contribution in [3.8, 4) is 0 Å². The lowest BCUT2D eigenvalue weighted by Gasteiger charge is -1.87. The highest BCUT2D eigenvalue weighted by Crippen LogP contribution is 2.00. The van der Waals surface area contributed by atoms with Crippen molar-refractivity contribution >= 4 is 6.21 Å². The van der Waals surface area contributed by atoms with E-state index in [0.717, 1.165) is 0 Å². The van der Waals surface area contributed by atoms with Crippen LogP contribution < -0.4 is 0 Å². The molecule has 0 saturated heterocycles. The van der Waals surface area contributed by atoms with Crippen LogP contribution in [0.4, 0.5) is 4.39 Å². The van der Waals surface area contributed by atoms with Gasteiger partial charge in [0, 0.05) is 6.54 Å². The van der Waals surface area contributed by atoms with Crippen LogP contribution in [-0.2, 0) is 0 Å². The lowest BCUT2D eigenvalue weighted by Crippen LogP contribution is -1.80. The van der Waals surface area contributed by atoms with Crippen molar-refractivity contribution in [2.75, 3.05) is 6.54 Å². The minimum absolute atomic E-state index is 0.225. The van der Waals surface area contributed by atoms with Gasteiger partial charge in [-0.2, -0.15) is 0 Å². The quantitative estimate of drug-likeness (QED) is 0.507. The molecule has 0 aliphatic rings. The number of allylic oxidation sites excluding steroid dienone is 2. The van der Waals surface area contributed by atoms with Gasteiger partial charge < -0.3 is 0 Å². The zero-order valence-corrected chi connectivity index (χ0v) is 6.11. The Bertz CT molecular complexity index is 132. The highest BCUT2D eigenvalue weighted by atomic mass is 19.1. The second-order valence-electron chi connectivity index (χ2n) is 1.98. The molecule has 0 aromatic heterocycles. The summed E-state index contributed by atoms with van der Waals surface area (Å²) >= 11 is 0. The van der Waals surface area contributed by atoms with Crippen molar-refractivity contribution in [3.05, 3.63) is 11.4 Å². The highest BCUT2D eigenvalue weighted by Gasteiger charge is 1.88. The Morgan fingerprint density at radius 3 is 2.44 bits per heavy atom. The van der Waals surface area contributed by atoms with Crippen molar-refractivity contribution in [1.29, 1.82) is 0 Å². The summed E-state index contributed by atoms with van der Waals surface area (Å²) in [4.78, 5) is 3.74. The molecule has 0 fully saturated rings. The molecule has 0 heterocycles. The van der Waals surface area contributed by atoms with E-state index in [2.05, 4.69) is 4.99 Å². The van der Waals surface area contributed by atoms with Crippen molar-refractivity contribution in [2.24, 2.45) is 4.99 Å². The maximum absolute atomic E-state index is 12.4. The van der Waals surface area contributed by atoms with Gasteiger partial charge in [-0.05, 0) is 26.3 Å². The molecule has 2 heteroatoms. The Morgan fingerprint density at radius 1 is 1.56 bits per heavy atom. The summed E-state index contributed by atoms with van der Waals surface area (Å²) in [5.41, 5.74) is 0.673. The molecule has 0 radical (unpaired) electrons. The Labute approximate surface area is 55.3 Å². The van der Waals surface area contributed by atoms with Crippen LogP contribution in [0.3, 0.4) is 0 Å². The summed E-state index contributed by atoms with van der Waals surface area (Å²) in [6, 6.07) is 0. The normalized spacial score (nSPS) is 10.2. The van der Waals surface area contributed by atoms with E-state index in [1.165, 1.54) is 6.21 Å². The summed E-state index contributed by atoms with van der Waals surface area (Å²) in [6.45, 7) is 5.95. The number of hydrogen-bond donors (Lipinski definition) is 0. The van der Waals surface area contributed by atoms with E-state index in [0.29, 0.717) is 12.1 Å². The van der Waals surface area contributed by atoms with Crippen LogP contribution in [0.2, 0.25) is 0 Å². The monoisotopic (exact) mass is 129 g/mol. The number of hydrogen-bond acceptors (Lipinski definition) is 1. The van der Waals surface area contributed by atoms with Gasteiger partial charge in [0.15, 0.2) is 0 Å². The van der Waals surface area contributed by atoms with E-state index in [9.17, 15) is 4.39 Å². The fraction of sp³-hybridized carbons (Fsp3) is 0.571. The van der Waals surface area contributed by atoms with Crippen molar-refractivity contribution in [1.82, 2.24) is 0 Å². The Kier molecular flexibility index (Phi) is 3.93. The molecule has 0 rings (SSSR count). The van der Waals surface area contributed by atoms with Crippen LogP contribution in [0.5, 0.6) is 0 Å². The maximum atomic E-state index is 12.4. The highest BCUT2D eigenvalue weighted by molar-refractivity contribution is 5.76. The minimum Gasteiger partial charge on any atom is -0.290 e. The second-order valence-corrected chi connectivity index (χ2v) is 1.98. The zero-order valence-electron chi connectivity index (χ0n) is 6.11.